The van der Waals surface area contributed by atoms with Crippen LogP contribution in [0.3, 0.4) is 0 Å². The van der Waals surface area contributed by atoms with Crippen LogP contribution in [0.15, 0.2) is 58.6 Å². The van der Waals surface area contributed by atoms with Crippen molar-refractivity contribution in [3.05, 3.63) is 71.2 Å². The fourth-order valence-corrected chi connectivity index (χ4v) is 4.85. The van der Waals surface area contributed by atoms with E-state index in [0.717, 1.165) is 41.3 Å². The van der Waals surface area contributed by atoms with Gasteiger partial charge in [0.2, 0.25) is 0 Å². The average molecular weight is 544 g/mol. The topological polar surface area (TPSA) is 71.3 Å². The van der Waals surface area contributed by atoms with Crippen LogP contribution in [0.25, 0.3) is 16.9 Å². The lowest BCUT2D eigenvalue weighted by Gasteiger charge is -2.13. The SMILES string of the molecule is Cc1ccc(Sc2cc(NCCC(F)(F)F)c3ncc(-c4ccc(C(=O)NC5CC5)c(C)c4)n3n2)c(F)c1. The van der Waals surface area contributed by atoms with Gasteiger partial charge in [-0.1, -0.05) is 23.9 Å². The Labute approximate surface area is 220 Å². The molecule has 1 fully saturated rings. The number of nitrogens with zero attached hydrogens (tertiary/aromatic N) is 3. The maximum absolute atomic E-state index is 14.6. The highest BCUT2D eigenvalue weighted by Gasteiger charge is 2.27. The van der Waals surface area contributed by atoms with E-state index in [1.807, 2.05) is 13.0 Å². The minimum absolute atomic E-state index is 0.122. The molecule has 0 aliphatic heterocycles. The van der Waals surface area contributed by atoms with Crippen LogP contribution in [-0.2, 0) is 0 Å². The van der Waals surface area contributed by atoms with E-state index < -0.39 is 18.4 Å². The second-order valence-corrected chi connectivity index (χ2v) is 10.4. The van der Waals surface area contributed by atoms with E-state index in [0.29, 0.717) is 32.5 Å². The van der Waals surface area contributed by atoms with Crippen molar-refractivity contribution in [2.45, 2.75) is 55.2 Å². The van der Waals surface area contributed by atoms with E-state index in [9.17, 15) is 22.4 Å². The van der Waals surface area contributed by atoms with Gasteiger partial charge in [0.25, 0.3) is 5.91 Å². The first-order valence-corrected chi connectivity index (χ1v) is 12.9. The van der Waals surface area contributed by atoms with Gasteiger partial charge in [0.15, 0.2) is 5.65 Å². The number of aromatic nitrogens is 3. The summed E-state index contributed by atoms with van der Waals surface area (Å²) in [5, 5.41) is 10.8. The zero-order valence-electron chi connectivity index (χ0n) is 20.7. The zero-order valence-corrected chi connectivity index (χ0v) is 21.5. The van der Waals surface area contributed by atoms with Crippen molar-refractivity contribution in [2.75, 3.05) is 11.9 Å². The molecule has 1 saturated carbocycles. The van der Waals surface area contributed by atoms with E-state index in [1.165, 1.54) is 10.6 Å². The fraction of sp³-hybridized carbons (Fsp3) is 0.296. The molecule has 2 aromatic carbocycles. The van der Waals surface area contributed by atoms with Gasteiger partial charge in [0, 0.05) is 28.6 Å². The number of anilines is 1. The first kappa shape index (κ1) is 26.0. The first-order chi connectivity index (χ1) is 18.1. The lowest BCUT2D eigenvalue weighted by Crippen LogP contribution is -2.26. The number of benzene rings is 2. The quantitative estimate of drug-likeness (QED) is 0.246. The number of nitrogens with one attached hydrogen (secondary N) is 2. The standard InChI is InChI=1S/C27H25F4N5OS/c1-15-3-8-23(20(28)11-15)38-24-13-21(32-10-9-27(29,30)31)25-33-14-22(36(25)35-24)17-4-7-19(16(2)12-17)26(37)34-18-5-6-18/h3-4,7-8,11-14,18,32H,5-6,9-10H2,1-2H3,(H,34,37). The van der Waals surface area contributed by atoms with Crippen LogP contribution >= 0.6 is 11.8 Å². The van der Waals surface area contributed by atoms with Gasteiger partial charge < -0.3 is 10.6 Å². The van der Waals surface area contributed by atoms with E-state index >= 15 is 0 Å². The predicted octanol–water partition coefficient (Wildman–Crippen LogP) is 6.56. The smallest absolute Gasteiger partial charge is 0.382 e. The number of imidazole rings is 1. The number of amides is 1. The summed E-state index contributed by atoms with van der Waals surface area (Å²) in [4.78, 5) is 17.3. The maximum Gasteiger partial charge on any atom is 0.390 e. The molecule has 6 nitrogen and oxygen atoms in total. The summed E-state index contributed by atoms with van der Waals surface area (Å²) in [5.74, 6) is -0.534. The lowest BCUT2D eigenvalue weighted by atomic mass is 10.0. The molecule has 1 aliphatic carbocycles. The van der Waals surface area contributed by atoms with Gasteiger partial charge in [0.1, 0.15) is 10.8 Å². The molecule has 11 heteroatoms. The molecule has 198 valence electrons. The Morgan fingerprint density at radius 1 is 1.13 bits per heavy atom. The molecule has 1 amide bonds. The minimum atomic E-state index is -4.31. The van der Waals surface area contributed by atoms with Gasteiger partial charge in [-0.15, -0.1) is 0 Å². The molecule has 2 N–H and O–H groups in total. The monoisotopic (exact) mass is 543 g/mol. The molecular weight excluding hydrogens is 518 g/mol. The fourth-order valence-electron chi connectivity index (χ4n) is 4.03. The summed E-state index contributed by atoms with van der Waals surface area (Å²) in [5.41, 5.74) is 4.12. The number of fused-ring (bicyclic) bond motifs is 1. The van der Waals surface area contributed by atoms with E-state index in [-0.39, 0.29) is 18.5 Å². The van der Waals surface area contributed by atoms with Gasteiger partial charge in [-0.05, 0) is 68.1 Å². The molecule has 0 spiro atoms. The zero-order chi connectivity index (χ0) is 27.0. The molecule has 38 heavy (non-hydrogen) atoms. The summed E-state index contributed by atoms with van der Waals surface area (Å²) in [7, 11) is 0. The van der Waals surface area contributed by atoms with Crippen LogP contribution in [0, 0.1) is 19.7 Å². The van der Waals surface area contributed by atoms with Crippen molar-refractivity contribution in [3.63, 3.8) is 0 Å². The van der Waals surface area contributed by atoms with Crippen LogP contribution in [0.4, 0.5) is 23.2 Å². The summed E-state index contributed by atoms with van der Waals surface area (Å²) in [6.07, 6.45) is -1.78. The Balaban J connectivity index is 1.52. The molecule has 2 heterocycles. The number of carbonyl (C=O) groups is 1. The largest absolute Gasteiger partial charge is 0.390 e. The number of carbonyl (C=O) groups excluding carboxylic acids is 1. The van der Waals surface area contributed by atoms with Gasteiger partial charge in [-0.25, -0.2) is 13.9 Å². The maximum atomic E-state index is 14.6. The molecule has 0 saturated heterocycles. The van der Waals surface area contributed by atoms with E-state index in [2.05, 4.69) is 20.7 Å². The van der Waals surface area contributed by atoms with Crippen molar-refractivity contribution in [1.82, 2.24) is 19.9 Å². The molecule has 2 aromatic heterocycles. The van der Waals surface area contributed by atoms with Crippen LogP contribution < -0.4 is 10.6 Å². The van der Waals surface area contributed by atoms with Crippen molar-refractivity contribution in [1.29, 1.82) is 0 Å². The second kappa shape index (κ2) is 10.3. The number of alkyl halides is 3. The number of aryl methyl sites for hydroxylation is 2. The highest BCUT2D eigenvalue weighted by molar-refractivity contribution is 7.99. The first-order valence-electron chi connectivity index (χ1n) is 12.1. The van der Waals surface area contributed by atoms with Crippen LogP contribution in [0.5, 0.6) is 0 Å². The van der Waals surface area contributed by atoms with Crippen LogP contribution in [0.2, 0.25) is 0 Å². The van der Waals surface area contributed by atoms with Gasteiger partial charge in [-0.3, -0.25) is 4.79 Å². The molecular formula is C27H25F4N5OS. The summed E-state index contributed by atoms with van der Waals surface area (Å²) in [6.45, 7) is 3.27. The molecule has 0 atom stereocenters. The second-order valence-electron chi connectivity index (χ2n) is 9.38. The third kappa shape index (κ3) is 5.93. The third-order valence-electron chi connectivity index (χ3n) is 6.15. The molecule has 0 bridgehead atoms. The van der Waals surface area contributed by atoms with Crippen molar-refractivity contribution in [3.8, 4) is 11.3 Å². The average Bonchev–Trinajstić information content (AvgIpc) is 3.55. The summed E-state index contributed by atoms with van der Waals surface area (Å²) >= 11 is 1.07. The van der Waals surface area contributed by atoms with Gasteiger partial charge in [-0.2, -0.15) is 18.3 Å². The Morgan fingerprint density at radius 3 is 2.61 bits per heavy atom. The number of rotatable bonds is 8. The van der Waals surface area contributed by atoms with Crippen molar-refractivity contribution < 1.29 is 22.4 Å². The third-order valence-corrected chi connectivity index (χ3v) is 7.11. The number of halogens is 4. The highest BCUT2D eigenvalue weighted by Crippen LogP contribution is 2.34. The molecule has 4 aromatic rings. The number of hydrogen-bond donors (Lipinski definition) is 2. The van der Waals surface area contributed by atoms with Gasteiger partial charge >= 0.3 is 6.18 Å². The predicted molar refractivity (Wildman–Crippen MR) is 138 cm³/mol. The normalized spacial score (nSPS) is 13.6. The minimum Gasteiger partial charge on any atom is -0.382 e. The van der Waals surface area contributed by atoms with Gasteiger partial charge in [0.05, 0.1) is 24.0 Å². The molecule has 0 unspecified atom stereocenters. The van der Waals surface area contributed by atoms with E-state index in [4.69, 9.17) is 0 Å². The molecule has 5 rings (SSSR count). The Hall–Kier alpha value is -3.60. The van der Waals surface area contributed by atoms with E-state index in [1.54, 1.807) is 43.5 Å². The summed E-state index contributed by atoms with van der Waals surface area (Å²) in [6, 6.07) is 12.0. The Bertz CT molecular complexity index is 1510. The highest BCUT2D eigenvalue weighted by atomic mass is 32.2. The number of hydrogen-bond acceptors (Lipinski definition) is 5. The lowest BCUT2D eigenvalue weighted by molar-refractivity contribution is -0.131. The Kier molecular flexibility index (Phi) is 7.04. The van der Waals surface area contributed by atoms with Crippen LogP contribution in [0.1, 0.15) is 40.7 Å². The molecule has 0 radical (unpaired) electrons. The van der Waals surface area contributed by atoms with Crippen LogP contribution in [-0.4, -0.2) is 39.3 Å². The molecule has 1 aliphatic rings. The Morgan fingerprint density at radius 2 is 1.92 bits per heavy atom. The van der Waals surface area contributed by atoms with Crippen molar-refractivity contribution >= 4 is 29.0 Å². The summed E-state index contributed by atoms with van der Waals surface area (Å²) < 4.78 is 54.5. The van der Waals surface area contributed by atoms with Crippen molar-refractivity contribution in [2.24, 2.45) is 0 Å².